The second-order valence-electron chi connectivity index (χ2n) is 3.21. The largest absolute Gasteiger partial charge is 0.497 e. The number of fused-ring (bicyclic) bond motifs is 1. The highest BCUT2D eigenvalue weighted by Crippen LogP contribution is 2.20. The molecule has 0 aliphatic carbocycles. The van der Waals surface area contributed by atoms with E-state index in [1.54, 1.807) is 7.11 Å². The lowest BCUT2D eigenvalue weighted by Gasteiger charge is -2.02. The first-order valence-electron chi connectivity index (χ1n) is 4.63. The van der Waals surface area contributed by atoms with Crippen LogP contribution >= 0.6 is 12.2 Å². The van der Waals surface area contributed by atoms with E-state index in [0.717, 1.165) is 16.8 Å². The molecule has 0 fully saturated rings. The molecule has 0 saturated heterocycles. The molecule has 0 amide bonds. The molecule has 1 aromatic carbocycles. The molecule has 0 radical (unpaired) electrons. The third kappa shape index (κ3) is 1.68. The van der Waals surface area contributed by atoms with E-state index in [1.165, 1.54) is 0 Å². The number of rotatable bonds is 3. The van der Waals surface area contributed by atoms with Gasteiger partial charge in [-0.1, -0.05) is 6.08 Å². The highest BCUT2D eigenvalue weighted by atomic mass is 32.1. The molecule has 0 saturated carbocycles. The third-order valence-electron chi connectivity index (χ3n) is 2.29. The summed E-state index contributed by atoms with van der Waals surface area (Å²) in [5, 5.41) is 0. The molecule has 1 N–H and O–H groups in total. The van der Waals surface area contributed by atoms with E-state index in [-0.39, 0.29) is 0 Å². The minimum Gasteiger partial charge on any atom is -0.497 e. The molecule has 4 heteroatoms. The molecule has 1 heterocycles. The molecule has 2 rings (SSSR count). The molecule has 0 spiro atoms. The number of hydrogen-bond acceptors (Lipinski definition) is 2. The van der Waals surface area contributed by atoms with Crippen molar-refractivity contribution < 1.29 is 4.74 Å². The van der Waals surface area contributed by atoms with Crippen molar-refractivity contribution >= 4 is 23.3 Å². The summed E-state index contributed by atoms with van der Waals surface area (Å²) in [6, 6.07) is 5.83. The molecule has 0 aliphatic rings. The van der Waals surface area contributed by atoms with Crippen molar-refractivity contribution in [3.8, 4) is 5.75 Å². The normalized spacial score (nSPS) is 10.5. The van der Waals surface area contributed by atoms with Crippen LogP contribution in [0.3, 0.4) is 0 Å². The fraction of sp³-hybridized carbons (Fsp3) is 0.182. The van der Waals surface area contributed by atoms with Crippen LogP contribution in [0, 0.1) is 4.77 Å². The summed E-state index contributed by atoms with van der Waals surface area (Å²) in [5.74, 6) is 0.828. The molecule has 1 aromatic heterocycles. The van der Waals surface area contributed by atoms with Crippen LogP contribution in [-0.2, 0) is 6.54 Å². The zero-order chi connectivity index (χ0) is 10.8. The fourth-order valence-electron chi connectivity index (χ4n) is 1.57. The number of imidazole rings is 1. The number of nitrogens with zero attached hydrogens (tertiary/aromatic N) is 1. The van der Waals surface area contributed by atoms with Crippen LogP contribution in [0.2, 0.25) is 0 Å². The number of benzene rings is 1. The fourth-order valence-corrected chi connectivity index (χ4v) is 1.85. The Balaban J connectivity index is 2.71. The van der Waals surface area contributed by atoms with Crippen molar-refractivity contribution in [2.24, 2.45) is 0 Å². The van der Waals surface area contributed by atoms with Gasteiger partial charge in [-0.25, -0.2) is 0 Å². The highest BCUT2D eigenvalue weighted by molar-refractivity contribution is 7.71. The summed E-state index contributed by atoms with van der Waals surface area (Å²) in [5.41, 5.74) is 2.06. The summed E-state index contributed by atoms with van der Waals surface area (Å²) in [4.78, 5) is 3.14. The molecule has 78 valence electrons. The first kappa shape index (κ1) is 9.98. The number of allylic oxidation sites excluding steroid dienone is 1. The van der Waals surface area contributed by atoms with E-state index in [4.69, 9.17) is 17.0 Å². The summed E-state index contributed by atoms with van der Waals surface area (Å²) < 4.78 is 7.87. The van der Waals surface area contributed by atoms with Gasteiger partial charge in [-0.2, -0.15) is 0 Å². The monoisotopic (exact) mass is 220 g/mol. The molecule has 0 bridgehead atoms. The van der Waals surface area contributed by atoms with Crippen molar-refractivity contribution in [2.45, 2.75) is 6.54 Å². The molecule has 0 unspecified atom stereocenters. The van der Waals surface area contributed by atoms with Crippen molar-refractivity contribution in [3.05, 3.63) is 35.6 Å². The third-order valence-corrected chi connectivity index (χ3v) is 2.62. The predicted octanol–water partition coefficient (Wildman–Crippen LogP) is 2.89. The summed E-state index contributed by atoms with van der Waals surface area (Å²) in [6.07, 6.45) is 1.82. The molecule has 0 atom stereocenters. The minimum atomic E-state index is 0.700. The number of aromatic amines is 1. The van der Waals surface area contributed by atoms with Crippen LogP contribution in [-0.4, -0.2) is 16.7 Å². The minimum absolute atomic E-state index is 0.700. The molecule has 0 aliphatic heterocycles. The number of ether oxygens (including phenoxy) is 1. The van der Waals surface area contributed by atoms with Gasteiger partial charge in [0.1, 0.15) is 5.75 Å². The van der Waals surface area contributed by atoms with Gasteiger partial charge in [0, 0.05) is 12.6 Å². The van der Waals surface area contributed by atoms with Crippen LogP contribution in [0.1, 0.15) is 0 Å². The number of nitrogens with one attached hydrogen (secondary N) is 1. The van der Waals surface area contributed by atoms with Gasteiger partial charge in [0.15, 0.2) is 4.77 Å². The van der Waals surface area contributed by atoms with E-state index in [1.807, 2.05) is 28.8 Å². The topological polar surface area (TPSA) is 29.9 Å². The molecular formula is C11H12N2OS. The maximum Gasteiger partial charge on any atom is 0.178 e. The average molecular weight is 220 g/mol. The second-order valence-corrected chi connectivity index (χ2v) is 3.60. The first-order chi connectivity index (χ1) is 7.26. The Morgan fingerprint density at radius 3 is 3.07 bits per heavy atom. The second kappa shape index (κ2) is 3.90. The van der Waals surface area contributed by atoms with Crippen molar-refractivity contribution in [2.75, 3.05) is 7.11 Å². The Hall–Kier alpha value is -1.55. The van der Waals surface area contributed by atoms with E-state index < -0.39 is 0 Å². The maximum atomic E-state index is 5.22. The van der Waals surface area contributed by atoms with Gasteiger partial charge in [0.2, 0.25) is 0 Å². The van der Waals surface area contributed by atoms with Crippen molar-refractivity contribution in [3.63, 3.8) is 0 Å². The molecule has 15 heavy (non-hydrogen) atoms. The van der Waals surface area contributed by atoms with Gasteiger partial charge < -0.3 is 14.3 Å². The lowest BCUT2D eigenvalue weighted by Crippen LogP contribution is -1.94. The predicted molar refractivity (Wildman–Crippen MR) is 63.9 cm³/mol. The van der Waals surface area contributed by atoms with Crippen molar-refractivity contribution in [1.82, 2.24) is 9.55 Å². The van der Waals surface area contributed by atoms with Crippen LogP contribution in [0.5, 0.6) is 5.75 Å². The first-order valence-corrected chi connectivity index (χ1v) is 5.04. The Kier molecular flexibility index (Phi) is 2.60. The quantitative estimate of drug-likeness (QED) is 0.636. The summed E-state index contributed by atoms with van der Waals surface area (Å²) >= 11 is 5.22. The number of methoxy groups -OCH3 is 1. The van der Waals surface area contributed by atoms with E-state index in [2.05, 4.69) is 11.6 Å². The van der Waals surface area contributed by atoms with Gasteiger partial charge in [0.25, 0.3) is 0 Å². The Morgan fingerprint density at radius 1 is 1.60 bits per heavy atom. The molecule has 3 nitrogen and oxygen atoms in total. The highest BCUT2D eigenvalue weighted by Gasteiger charge is 2.03. The Bertz CT molecular complexity index is 553. The van der Waals surface area contributed by atoms with Gasteiger partial charge in [-0.3, -0.25) is 0 Å². The smallest absolute Gasteiger partial charge is 0.178 e. The van der Waals surface area contributed by atoms with Crippen LogP contribution in [0.4, 0.5) is 0 Å². The summed E-state index contributed by atoms with van der Waals surface area (Å²) in [7, 11) is 1.65. The zero-order valence-electron chi connectivity index (χ0n) is 8.49. The van der Waals surface area contributed by atoms with Crippen LogP contribution < -0.4 is 4.74 Å². The van der Waals surface area contributed by atoms with E-state index >= 15 is 0 Å². The standard InChI is InChI=1S/C11H12N2OS/c1-3-6-13-10-7-8(14-2)4-5-9(10)12-11(13)15/h3-5,7H,1,6H2,2H3,(H,12,15). The van der Waals surface area contributed by atoms with Crippen molar-refractivity contribution in [1.29, 1.82) is 0 Å². The Labute approximate surface area is 93.0 Å². The van der Waals surface area contributed by atoms with Gasteiger partial charge in [-0.05, 0) is 24.4 Å². The SMILES string of the molecule is C=CCn1c(=S)[nH]c2ccc(OC)cc21. The Morgan fingerprint density at radius 2 is 2.40 bits per heavy atom. The van der Waals surface area contributed by atoms with Crippen LogP contribution in [0.15, 0.2) is 30.9 Å². The zero-order valence-corrected chi connectivity index (χ0v) is 9.30. The maximum absolute atomic E-state index is 5.22. The van der Waals surface area contributed by atoms with E-state index in [0.29, 0.717) is 11.3 Å². The average Bonchev–Trinajstić information content (AvgIpc) is 2.55. The molecule has 2 aromatic rings. The van der Waals surface area contributed by atoms with Gasteiger partial charge >= 0.3 is 0 Å². The number of hydrogen-bond donors (Lipinski definition) is 1. The lowest BCUT2D eigenvalue weighted by molar-refractivity contribution is 0.415. The van der Waals surface area contributed by atoms with Crippen LogP contribution in [0.25, 0.3) is 11.0 Å². The number of H-pyrrole nitrogens is 1. The van der Waals surface area contributed by atoms with Gasteiger partial charge in [-0.15, -0.1) is 6.58 Å². The van der Waals surface area contributed by atoms with E-state index in [9.17, 15) is 0 Å². The van der Waals surface area contributed by atoms with Gasteiger partial charge in [0.05, 0.1) is 18.1 Å². The lowest BCUT2D eigenvalue weighted by atomic mass is 10.3. The summed E-state index contributed by atoms with van der Waals surface area (Å²) in [6.45, 7) is 4.41. The molecular weight excluding hydrogens is 208 g/mol. The number of aromatic nitrogens is 2.